The third-order valence-corrected chi connectivity index (χ3v) is 3.44. The van der Waals surface area contributed by atoms with Crippen LogP contribution < -0.4 is 0 Å². The van der Waals surface area contributed by atoms with E-state index in [1.54, 1.807) is 25.7 Å². The zero-order valence-electron chi connectivity index (χ0n) is 12.2. The second kappa shape index (κ2) is 5.47. The molecule has 0 aromatic heterocycles. The maximum Gasteiger partial charge on any atom is 0.510 e. The van der Waals surface area contributed by atoms with Crippen molar-refractivity contribution in [1.29, 1.82) is 0 Å². The van der Waals surface area contributed by atoms with Crippen LogP contribution in [0.2, 0.25) is 0 Å². The molecule has 0 aromatic carbocycles. The number of urea groups is 1. The third kappa shape index (κ3) is 3.33. The molecule has 2 heterocycles. The van der Waals surface area contributed by atoms with Gasteiger partial charge in [0.2, 0.25) is 6.23 Å². The number of hydrogen-bond acceptors (Lipinski definition) is 5. The molecule has 2 fully saturated rings. The predicted molar refractivity (Wildman–Crippen MR) is 69.1 cm³/mol. The fraction of sp³-hybridized carbons (Fsp3) is 0.846. The van der Waals surface area contributed by atoms with Gasteiger partial charge in [-0.3, -0.25) is 5.21 Å². The Morgan fingerprint density at radius 3 is 2.70 bits per heavy atom. The van der Waals surface area contributed by atoms with E-state index in [1.165, 1.54) is 0 Å². The van der Waals surface area contributed by atoms with Gasteiger partial charge in [0.1, 0.15) is 5.60 Å². The average Bonchev–Trinajstić information content (AvgIpc) is 2.33. The molecule has 7 nitrogen and oxygen atoms in total. The first-order valence-corrected chi connectivity index (χ1v) is 6.96. The van der Waals surface area contributed by atoms with Crippen LogP contribution >= 0.6 is 0 Å². The number of carbonyl (C=O) groups excluding carboxylic acids is 2. The Balaban J connectivity index is 1.98. The summed E-state index contributed by atoms with van der Waals surface area (Å²) >= 11 is 0. The molecular weight excluding hydrogens is 264 g/mol. The minimum Gasteiger partial charge on any atom is -0.429 e. The molecule has 0 radical (unpaired) electrons. The number of nitrogens with zero attached hydrogens (tertiary/aromatic N) is 2. The molecule has 114 valence electrons. The Labute approximate surface area is 118 Å². The molecule has 7 heteroatoms. The third-order valence-electron chi connectivity index (χ3n) is 3.44. The van der Waals surface area contributed by atoms with E-state index in [2.05, 4.69) is 0 Å². The Hall–Kier alpha value is -1.50. The molecule has 2 saturated heterocycles. The van der Waals surface area contributed by atoms with E-state index < -0.39 is 24.0 Å². The van der Waals surface area contributed by atoms with Crippen LogP contribution in [-0.2, 0) is 9.47 Å². The predicted octanol–water partition coefficient (Wildman–Crippen LogP) is 2.33. The summed E-state index contributed by atoms with van der Waals surface area (Å²) in [7, 11) is 0. The molecule has 0 spiro atoms. The first-order chi connectivity index (χ1) is 9.28. The zero-order chi connectivity index (χ0) is 14.9. The van der Waals surface area contributed by atoms with Crippen LogP contribution in [-0.4, -0.2) is 51.8 Å². The van der Waals surface area contributed by atoms with Crippen LogP contribution in [0.3, 0.4) is 0 Å². The van der Waals surface area contributed by atoms with Gasteiger partial charge in [0.15, 0.2) is 0 Å². The highest BCUT2D eigenvalue weighted by Crippen LogP contribution is 2.29. The Kier molecular flexibility index (Phi) is 4.08. The Bertz CT molecular complexity index is 393. The molecule has 2 unspecified atom stereocenters. The molecule has 0 aliphatic carbocycles. The molecular formula is C13H22N2O5. The number of fused-ring (bicyclic) bond motifs is 1. The van der Waals surface area contributed by atoms with E-state index in [1.807, 2.05) is 0 Å². The van der Waals surface area contributed by atoms with Crippen molar-refractivity contribution in [2.45, 2.75) is 64.3 Å². The van der Waals surface area contributed by atoms with Crippen molar-refractivity contribution in [3.63, 3.8) is 0 Å². The van der Waals surface area contributed by atoms with Crippen molar-refractivity contribution in [3.05, 3.63) is 0 Å². The summed E-state index contributed by atoms with van der Waals surface area (Å²) in [6.45, 7) is 5.80. The summed E-state index contributed by atoms with van der Waals surface area (Å²) in [5.41, 5.74) is -0.674. The lowest BCUT2D eigenvalue weighted by atomic mass is 9.97. The Morgan fingerprint density at radius 1 is 1.35 bits per heavy atom. The fourth-order valence-electron chi connectivity index (χ4n) is 2.57. The standard InChI is InChI=1S/C13H22N2O5/c1-13(2,3)20-12(17)19-10-8-9-6-4-5-7-14(9)11(16)15(10)18/h9-10,18H,4-8H2,1-3H3. The van der Waals surface area contributed by atoms with Crippen molar-refractivity contribution < 1.29 is 24.3 Å². The van der Waals surface area contributed by atoms with Gasteiger partial charge < -0.3 is 14.4 Å². The van der Waals surface area contributed by atoms with Gasteiger partial charge in [-0.05, 0) is 40.0 Å². The van der Waals surface area contributed by atoms with Crippen molar-refractivity contribution in [2.24, 2.45) is 0 Å². The van der Waals surface area contributed by atoms with Crippen LogP contribution in [0.15, 0.2) is 0 Å². The summed E-state index contributed by atoms with van der Waals surface area (Å²) in [6.07, 6.45) is 1.40. The number of hydroxylamine groups is 2. The van der Waals surface area contributed by atoms with E-state index in [0.29, 0.717) is 18.0 Å². The van der Waals surface area contributed by atoms with Gasteiger partial charge in [0.05, 0.1) is 0 Å². The molecule has 20 heavy (non-hydrogen) atoms. The van der Waals surface area contributed by atoms with Crippen LogP contribution in [0, 0.1) is 0 Å². The molecule has 2 aliphatic rings. The lowest BCUT2D eigenvalue weighted by Crippen LogP contribution is -2.59. The summed E-state index contributed by atoms with van der Waals surface area (Å²) in [5, 5.41) is 10.3. The smallest absolute Gasteiger partial charge is 0.429 e. The van der Waals surface area contributed by atoms with Gasteiger partial charge in [-0.2, -0.15) is 5.06 Å². The van der Waals surface area contributed by atoms with Gasteiger partial charge in [0.25, 0.3) is 0 Å². The van der Waals surface area contributed by atoms with Crippen molar-refractivity contribution in [1.82, 2.24) is 9.96 Å². The van der Waals surface area contributed by atoms with Crippen LogP contribution in [0.25, 0.3) is 0 Å². The topological polar surface area (TPSA) is 79.3 Å². The van der Waals surface area contributed by atoms with E-state index in [0.717, 1.165) is 19.3 Å². The van der Waals surface area contributed by atoms with Crippen LogP contribution in [0.4, 0.5) is 9.59 Å². The van der Waals surface area contributed by atoms with Gasteiger partial charge >= 0.3 is 12.2 Å². The summed E-state index contributed by atoms with van der Waals surface area (Å²) in [5.74, 6) is 0. The van der Waals surface area contributed by atoms with Crippen molar-refractivity contribution >= 4 is 12.2 Å². The number of piperidine rings is 1. The zero-order valence-corrected chi connectivity index (χ0v) is 12.2. The molecule has 2 atom stereocenters. The maximum atomic E-state index is 12.0. The minimum absolute atomic E-state index is 0.0205. The largest absolute Gasteiger partial charge is 0.510 e. The molecule has 1 N–H and O–H groups in total. The second-order valence-corrected chi connectivity index (χ2v) is 6.24. The fourth-order valence-corrected chi connectivity index (χ4v) is 2.57. The van der Waals surface area contributed by atoms with Gasteiger partial charge in [-0.25, -0.2) is 9.59 Å². The highest BCUT2D eigenvalue weighted by atomic mass is 16.8. The molecule has 0 saturated carbocycles. The summed E-state index contributed by atoms with van der Waals surface area (Å²) in [4.78, 5) is 25.3. The van der Waals surface area contributed by atoms with E-state index in [4.69, 9.17) is 9.47 Å². The van der Waals surface area contributed by atoms with Gasteiger partial charge in [0, 0.05) is 19.0 Å². The van der Waals surface area contributed by atoms with Crippen LogP contribution in [0.1, 0.15) is 46.5 Å². The number of amides is 2. The van der Waals surface area contributed by atoms with Crippen LogP contribution in [0.5, 0.6) is 0 Å². The number of carbonyl (C=O) groups is 2. The maximum absolute atomic E-state index is 12.0. The highest BCUT2D eigenvalue weighted by molar-refractivity contribution is 5.75. The normalized spacial score (nSPS) is 27.1. The van der Waals surface area contributed by atoms with E-state index in [9.17, 15) is 14.8 Å². The lowest BCUT2D eigenvalue weighted by molar-refractivity contribution is -0.199. The van der Waals surface area contributed by atoms with E-state index >= 15 is 0 Å². The van der Waals surface area contributed by atoms with Crippen molar-refractivity contribution in [3.8, 4) is 0 Å². The Morgan fingerprint density at radius 2 is 2.05 bits per heavy atom. The molecule has 2 aliphatic heterocycles. The minimum atomic E-state index is -0.975. The number of rotatable bonds is 1. The average molecular weight is 286 g/mol. The summed E-state index contributed by atoms with van der Waals surface area (Å²) < 4.78 is 10.1. The molecule has 0 aromatic rings. The molecule has 2 rings (SSSR count). The van der Waals surface area contributed by atoms with Gasteiger partial charge in [-0.1, -0.05) is 0 Å². The number of hydrogen-bond donors (Lipinski definition) is 1. The van der Waals surface area contributed by atoms with Crippen molar-refractivity contribution in [2.75, 3.05) is 6.54 Å². The molecule has 2 amide bonds. The SMILES string of the molecule is CC(C)(C)OC(=O)OC1CC2CCCCN2C(=O)N1O. The second-order valence-electron chi connectivity index (χ2n) is 6.24. The monoisotopic (exact) mass is 286 g/mol. The quantitative estimate of drug-likeness (QED) is 0.591. The summed E-state index contributed by atoms with van der Waals surface area (Å²) in [6, 6.07) is -0.485. The number of ether oxygens (including phenoxy) is 2. The highest BCUT2D eigenvalue weighted by Gasteiger charge is 2.42. The first kappa shape index (κ1) is 14.9. The molecule has 0 bridgehead atoms. The lowest BCUT2D eigenvalue weighted by Gasteiger charge is -2.44. The van der Waals surface area contributed by atoms with E-state index in [-0.39, 0.29) is 6.04 Å². The van der Waals surface area contributed by atoms with Gasteiger partial charge in [-0.15, -0.1) is 0 Å². The first-order valence-electron chi connectivity index (χ1n) is 6.96.